The first-order valence-corrected chi connectivity index (χ1v) is 10.6. The van der Waals surface area contributed by atoms with Gasteiger partial charge < -0.3 is 14.5 Å². The fourth-order valence-corrected chi connectivity index (χ4v) is 4.58. The summed E-state index contributed by atoms with van der Waals surface area (Å²) in [4.78, 5) is 19.6. The molecular weight excluding hydrogens is 362 g/mol. The van der Waals surface area contributed by atoms with E-state index in [0.29, 0.717) is 6.54 Å². The summed E-state index contributed by atoms with van der Waals surface area (Å²) in [7, 11) is 3.67. The number of likely N-dealkylation sites (N-methyl/N-ethyl adjacent to an activating group) is 1. The van der Waals surface area contributed by atoms with Crippen LogP contribution in [0.5, 0.6) is 5.75 Å². The van der Waals surface area contributed by atoms with Crippen LogP contribution < -0.4 is 9.64 Å². The van der Waals surface area contributed by atoms with Crippen molar-refractivity contribution in [1.29, 1.82) is 0 Å². The van der Waals surface area contributed by atoms with Crippen LogP contribution in [0.2, 0.25) is 0 Å². The molecule has 2 aliphatic rings. The maximum absolute atomic E-state index is 13.0. The fraction of sp³-hybridized carbons (Fsp3) is 0.458. The second-order valence-corrected chi connectivity index (χ2v) is 8.08. The van der Waals surface area contributed by atoms with E-state index < -0.39 is 0 Å². The van der Waals surface area contributed by atoms with E-state index in [9.17, 15) is 4.79 Å². The van der Waals surface area contributed by atoms with Crippen molar-refractivity contribution >= 4 is 11.6 Å². The van der Waals surface area contributed by atoms with Gasteiger partial charge in [0.2, 0.25) is 5.91 Å². The van der Waals surface area contributed by atoms with Crippen molar-refractivity contribution in [3.63, 3.8) is 0 Å². The van der Waals surface area contributed by atoms with E-state index in [2.05, 4.69) is 46.2 Å². The van der Waals surface area contributed by atoms with Crippen LogP contribution in [-0.4, -0.2) is 62.6 Å². The van der Waals surface area contributed by atoms with Crippen LogP contribution in [0.15, 0.2) is 48.5 Å². The highest BCUT2D eigenvalue weighted by Gasteiger charge is 2.28. The Bertz CT molecular complexity index is 846. The molecule has 0 aromatic heterocycles. The Kier molecular flexibility index (Phi) is 6.05. The molecule has 5 heteroatoms. The third kappa shape index (κ3) is 4.40. The monoisotopic (exact) mass is 393 g/mol. The molecule has 2 aromatic carbocycles. The van der Waals surface area contributed by atoms with Crippen molar-refractivity contribution in [2.75, 3.05) is 51.8 Å². The number of rotatable bonds is 5. The number of methoxy groups -OCH3 is 1. The smallest absolute Gasteiger partial charge is 0.237 e. The van der Waals surface area contributed by atoms with Gasteiger partial charge in [0, 0.05) is 45.0 Å². The highest BCUT2D eigenvalue weighted by atomic mass is 16.5. The third-order valence-corrected chi connectivity index (χ3v) is 6.35. The normalized spacial score (nSPS) is 19.5. The third-order valence-electron chi connectivity index (χ3n) is 6.35. The molecule has 0 spiro atoms. The van der Waals surface area contributed by atoms with Gasteiger partial charge in [0.15, 0.2) is 0 Å². The van der Waals surface area contributed by atoms with Gasteiger partial charge in [-0.2, -0.15) is 0 Å². The summed E-state index contributed by atoms with van der Waals surface area (Å²) in [5.74, 6) is 1.11. The first-order chi connectivity index (χ1) is 14.2. The number of carbonyl (C=O) groups is 1. The number of hydrogen-bond acceptors (Lipinski definition) is 4. The predicted octanol–water partition coefficient (Wildman–Crippen LogP) is 3.35. The molecule has 29 heavy (non-hydrogen) atoms. The lowest BCUT2D eigenvalue weighted by atomic mass is 9.87. The molecule has 0 bridgehead atoms. The molecule has 1 heterocycles. The first kappa shape index (κ1) is 19.8. The zero-order valence-corrected chi connectivity index (χ0v) is 17.5. The average Bonchev–Trinajstić information content (AvgIpc) is 2.78. The van der Waals surface area contributed by atoms with Crippen molar-refractivity contribution in [3.05, 3.63) is 59.7 Å². The molecule has 0 N–H and O–H groups in total. The Morgan fingerprint density at radius 3 is 2.69 bits per heavy atom. The van der Waals surface area contributed by atoms with E-state index in [1.165, 1.54) is 16.8 Å². The number of benzene rings is 2. The van der Waals surface area contributed by atoms with Crippen molar-refractivity contribution in [2.45, 2.75) is 25.3 Å². The van der Waals surface area contributed by atoms with Gasteiger partial charge in [-0.25, -0.2) is 0 Å². The number of piperazine rings is 1. The largest absolute Gasteiger partial charge is 0.497 e. The minimum Gasteiger partial charge on any atom is -0.497 e. The quantitative estimate of drug-likeness (QED) is 0.781. The second kappa shape index (κ2) is 8.87. The van der Waals surface area contributed by atoms with Crippen LogP contribution in [0.1, 0.15) is 30.0 Å². The van der Waals surface area contributed by atoms with Gasteiger partial charge in [-0.3, -0.25) is 9.69 Å². The molecule has 0 saturated carbocycles. The Morgan fingerprint density at radius 2 is 1.90 bits per heavy atom. The summed E-state index contributed by atoms with van der Waals surface area (Å²) in [6, 6.07) is 17.0. The molecule has 0 radical (unpaired) electrons. The number of carbonyl (C=O) groups excluding carboxylic acids is 1. The Balaban J connectivity index is 1.33. The molecule has 5 nitrogen and oxygen atoms in total. The number of fused-ring (bicyclic) bond motifs is 1. The standard InChI is InChI=1S/C24H31N3O2/c1-25(23-12-5-8-19-7-3-4-11-22(19)23)24(28)18-26-13-15-27(16-14-26)20-9-6-10-21(17-20)29-2/h3-4,6-7,9-11,17,23H,5,8,12-16,18H2,1-2H3/t23-/m0/s1. The summed E-state index contributed by atoms with van der Waals surface area (Å²) in [5.41, 5.74) is 3.92. The van der Waals surface area contributed by atoms with Gasteiger partial charge in [-0.05, 0) is 42.5 Å². The topological polar surface area (TPSA) is 36.0 Å². The van der Waals surface area contributed by atoms with Crippen molar-refractivity contribution < 1.29 is 9.53 Å². The van der Waals surface area contributed by atoms with Crippen LogP contribution in [-0.2, 0) is 11.2 Å². The average molecular weight is 394 g/mol. The lowest BCUT2D eigenvalue weighted by Gasteiger charge is -2.38. The van der Waals surface area contributed by atoms with Crippen LogP contribution in [0, 0.1) is 0 Å². The molecular formula is C24H31N3O2. The van der Waals surface area contributed by atoms with Crippen molar-refractivity contribution in [2.24, 2.45) is 0 Å². The minimum atomic E-state index is 0.213. The van der Waals surface area contributed by atoms with E-state index in [-0.39, 0.29) is 11.9 Å². The van der Waals surface area contributed by atoms with Gasteiger partial charge in [0.1, 0.15) is 5.75 Å². The van der Waals surface area contributed by atoms with E-state index in [1.54, 1.807) is 7.11 Å². The van der Waals surface area contributed by atoms with Crippen molar-refractivity contribution in [3.8, 4) is 5.75 Å². The predicted molar refractivity (Wildman–Crippen MR) is 117 cm³/mol. The molecule has 1 aliphatic carbocycles. The van der Waals surface area contributed by atoms with Crippen LogP contribution in [0.3, 0.4) is 0 Å². The van der Waals surface area contributed by atoms with E-state index in [1.807, 2.05) is 24.1 Å². The van der Waals surface area contributed by atoms with Crippen LogP contribution in [0.25, 0.3) is 0 Å². The maximum Gasteiger partial charge on any atom is 0.237 e. The summed E-state index contributed by atoms with van der Waals surface area (Å²) in [5, 5.41) is 0. The Hall–Kier alpha value is -2.53. The highest BCUT2D eigenvalue weighted by Crippen LogP contribution is 2.33. The molecule has 1 aliphatic heterocycles. The minimum absolute atomic E-state index is 0.213. The number of amides is 1. The van der Waals surface area contributed by atoms with Crippen molar-refractivity contribution in [1.82, 2.24) is 9.80 Å². The molecule has 2 aromatic rings. The molecule has 4 rings (SSSR count). The van der Waals surface area contributed by atoms with Gasteiger partial charge >= 0.3 is 0 Å². The second-order valence-electron chi connectivity index (χ2n) is 8.08. The molecule has 1 saturated heterocycles. The molecule has 1 atom stereocenters. The van der Waals surface area contributed by atoms with Crippen LogP contribution >= 0.6 is 0 Å². The first-order valence-electron chi connectivity index (χ1n) is 10.6. The van der Waals surface area contributed by atoms with E-state index in [4.69, 9.17) is 4.74 Å². The molecule has 1 amide bonds. The summed E-state index contributed by atoms with van der Waals surface area (Å²) < 4.78 is 5.34. The lowest BCUT2D eigenvalue weighted by Crippen LogP contribution is -2.50. The van der Waals surface area contributed by atoms with Gasteiger partial charge in [0.05, 0.1) is 19.7 Å². The maximum atomic E-state index is 13.0. The van der Waals surface area contributed by atoms with E-state index in [0.717, 1.165) is 51.2 Å². The number of hydrogen-bond donors (Lipinski definition) is 0. The number of nitrogens with zero attached hydrogens (tertiary/aromatic N) is 3. The number of aryl methyl sites for hydroxylation is 1. The van der Waals surface area contributed by atoms with Crippen LogP contribution in [0.4, 0.5) is 5.69 Å². The number of anilines is 1. The van der Waals surface area contributed by atoms with Gasteiger partial charge in [-0.1, -0.05) is 30.3 Å². The van der Waals surface area contributed by atoms with Gasteiger partial charge in [0.25, 0.3) is 0 Å². The summed E-state index contributed by atoms with van der Waals surface area (Å²) >= 11 is 0. The Labute approximate surface area is 173 Å². The highest BCUT2D eigenvalue weighted by molar-refractivity contribution is 5.78. The summed E-state index contributed by atoms with van der Waals surface area (Å²) in [6.07, 6.45) is 3.34. The lowest BCUT2D eigenvalue weighted by molar-refractivity contribution is -0.133. The Morgan fingerprint density at radius 1 is 1.10 bits per heavy atom. The zero-order valence-electron chi connectivity index (χ0n) is 17.5. The van der Waals surface area contributed by atoms with Gasteiger partial charge in [-0.15, -0.1) is 0 Å². The SMILES string of the molecule is COc1cccc(N2CCN(CC(=O)N(C)[C@H]3CCCc4ccccc43)CC2)c1. The molecule has 0 unspecified atom stereocenters. The molecule has 154 valence electrons. The number of ether oxygens (including phenoxy) is 1. The van der Waals surface area contributed by atoms with E-state index >= 15 is 0 Å². The zero-order chi connectivity index (χ0) is 20.2. The summed E-state index contributed by atoms with van der Waals surface area (Å²) in [6.45, 7) is 4.16. The molecule has 1 fully saturated rings. The fourth-order valence-electron chi connectivity index (χ4n) is 4.58.